The zero-order valence-corrected chi connectivity index (χ0v) is 23.9. The molecule has 1 aromatic rings. The lowest BCUT2D eigenvalue weighted by molar-refractivity contribution is -0.140. The molecule has 0 unspecified atom stereocenters. The minimum Gasteiger partial charge on any atom is -0.481 e. The van der Waals surface area contributed by atoms with E-state index in [2.05, 4.69) is 26.6 Å². The minimum atomic E-state index is -1.54. The fourth-order valence-electron chi connectivity index (χ4n) is 4.67. The van der Waals surface area contributed by atoms with Crippen molar-refractivity contribution in [3.63, 3.8) is 0 Å². The molecule has 0 spiro atoms. The number of nitrogens with one attached hydrogen (secondary N) is 6. The normalized spacial score (nSPS) is 15.9. The van der Waals surface area contributed by atoms with Crippen LogP contribution in [0.5, 0.6) is 0 Å². The first-order valence-electron chi connectivity index (χ1n) is 14.1. The first-order chi connectivity index (χ1) is 20.4. The molecule has 1 aliphatic carbocycles. The molecule has 11 N–H and O–H groups in total. The SMILES string of the molecule is N=C(N)NCCC[C@@H](NC(=O)C1(N)CCCCC1)C(=O)NCC(=O)N[C@H](CC(=O)O)C(=O)N[C@@H]([C]=O)Cc1ccccc1. The molecule has 15 nitrogen and oxygen atoms in total. The number of carboxylic acid groups (broad SMARTS) is 1. The molecule has 1 radical (unpaired) electrons. The van der Waals surface area contributed by atoms with E-state index in [1.165, 1.54) is 0 Å². The first-order valence-corrected chi connectivity index (χ1v) is 14.1. The Labute approximate surface area is 249 Å². The van der Waals surface area contributed by atoms with Crippen molar-refractivity contribution >= 4 is 41.8 Å². The van der Waals surface area contributed by atoms with Gasteiger partial charge in [-0.05, 0) is 31.2 Å². The summed E-state index contributed by atoms with van der Waals surface area (Å²) < 4.78 is 0. The van der Waals surface area contributed by atoms with Crippen molar-refractivity contribution in [1.82, 2.24) is 26.6 Å². The van der Waals surface area contributed by atoms with Crippen LogP contribution in [0.3, 0.4) is 0 Å². The van der Waals surface area contributed by atoms with Crippen LogP contribution in [0.15, 0.2) is 30.3 Å². The van der Waals surface area contributed by atoms with E-state index in [-0.39, 0.29) is 25.3 Å². The molecule has 0 heterocycles. The Kier molecular flexibility index (Phi) is 14.1. The van der Waals surface area contributed by atoms with Gasteiger partial charge in [-0.25, -0.2) is 0 Å². The van der Waals surface area contributed by atoms with E-state index in [0.717, 1.165) is 24.8 Å². The Morgan fingerprint density at radius 2 is 1.63 bits per heavy atom. The summed E-state index contributed by atoms with van der Waals surface area (Å²) in [6.45, 7) is -0.361. The van der Waals surface area contributed by atoms with E-state index in [1.807, 2.05) is 0 Å². The monoisotopic (exact) mass is 601 g/mol. The molecule has 3 atom stereocenters. The predicted octanol–water partition coefficient (Wildman–Crippen LogP) is -1.69. The Morgan fingerprint density at radius 3 is 2.23 bits per heavy atom. The lowest BCUT2D eigenvalue weighted by Gasteiger charge is -2.33. The van der Waals surface area contributed by atoms with Crippen molar-refractivity contribution in [3.05, 3.63) is 35.9 Å². The maximum absolute atomic E-state index is 13.0. The van der Waals surface area contributed by atoms with Gasteiger partial charge in [0.2, 0.25) is 29.9 Å². The van der Waals surface area contributed by atoms with Crippen LogP contribution in [0.2, 0.25) is 0 Å². The number of carbonyl (C=O) groups is 5. The lowest BCUT2D eigenvalue weighted by Crippen LogP contribution is -2.60. The van der Waals surface area contributed by atoms with E-state index in [1.54, 1.807) is 36.6 Å². The molecule has 0 aliphatic heterocycles. The fourth-order valence-corrected chi connectivity index (χ4v) is 4.67. The molecule has 1 aliphatic rings. The van der Waals surface area contributed by atoms with Crippen LogP contribution in [0, 0.1) is 5.41 Å². The standard InChI is InChI=1S/C28H41N8O7/c29-27(30)32-13-7-10-20(36-26(43)28(31)11-5-2-6-12-28)24(41)33-16-22(38)35-21(15-23(39)40)25(42)34-19(17-37)14-18-8-3-1-4-9-18/h1,3-4,8-9,19-21H,2,5-7,10-16,31H2,(H,33,41)(H,34,42)(H,35,38)(H,36,43)(H,39,40)(H4,29,30,32)/t19-,20-,21-/m1/s1. The van der Waals surface area contributed by atoms with Gasteiger partial charge in [0.25, 0.3) is 0 Å². The van der Waals surface area contributed by atoms with Crippen molar-refractivity contribution in [2.24, 2.45) is 11.5 Å². The van der Waals surface area contributed by atoms with Gasteiger partial charge in [-0.1, -0.05) is 49.6 Å². The zero-order valence-electron chi connectivity index (χ0n) is 23.9. The molecule has 43 heavy (non-hydrogen) atoms. The molecule has 1 saturated carbocycles. The van der Waals surface area contributed by atoms with Gasteiger partial charge >= 0.3 is 5.97 Å². The smallest absolute Gasteiger partial charge is 0.305 e. The van der Waals surface area contributed by atoms with Gasteiger partial charge in [-0.2, -0.15) is 0 Å². The zero-order chi connectivity index (χ0) is 31.8. The number of hydrogen-bond acceptors (Lipinski definition) is 8. The molecule has 1 fully saturated rings. The number of benzene rings is 1. The Balaban J connectivity index is 1.99. The molecule has 0 saturated heterocycles. The molecular formula is C28H41N8O7. The van der Waals surface area contributed by atoms with E-state index < -0.39 is 66.2 Å². The Bertz CT molecular complexity index is 1140. The van der Waals surface area contributed by atoms with Crippen LogP contribution in [0.25, 0.3) is 0 Å². The number of carboxylic acids is 1. The third-order valence-corrected chi connectivity index (χ3v) is 7.00. The number of guanidine groups is 1. The second-order valence-electron chi connectivity index (χ2n) is 10.5. The van der Waals surface area contributed by atoms with Crippen LogP contribution in [0.1, 0.15) is 56.9 Å². The van der Waals surface area contributed by atoms with Crippen LogP contribution in [0.4, 0.5) is 0 Å². The summed E-state index contributed by atoms with van der Waals surface area (Å²) >= 11 is 0. The summed E-state index contributed by atoms with van der Waals surface area (Å²) in [5, 5.41) is 28.8. The van der Waals surface area contributed by atoms with Crippen molar-refractivity contribution in [2.45, 2.75) is 81.5 Å². The van der Waals surface area contributed by atoms with Gasteiger partial charge in [0.05, 0.1) is 24.5 Å². The van der Waals surface area contributed by atoms with Crippen LogP contribution in [-0.4, -0.2) is 83.7 Å². The maximum atomic E-state index is 13.0. The van der Waals surface area contributed by atoms with Gasteiger partial charge in [0.15, 0.2) is 5.96 Å². The molecule has 235 valence electrons. The summed E-state index contributed by atoms with van der Waals surface area (Å²) in [4.78, 5) is 74.2. The third-order valence-electron chi connectivity index (χ3n) is 7.00. The summed E-state index contributed by atoms with van der Waals surface area (Å²) in [5.74, 6) is -4.57. The third kappa shape index (κ3) is 12.5. The molecule has 0 aromatic heterocycles. The average molecular weight is 602 g/mol. The molecule has 4 amide bonds. The highest BCUT2D eigenvalue weighted by molar-refractivity contribution is 5.95. The quantitative estimate of drug-likeness (QED) is 0.0556. The van der Waals surface area contributed by atoms with E-state index in [9.17, 15) is 33.9 Å². The number of carbonyl (C=O) groups excluding carboxylic acids is 5. The van der Waals surface area contributed by atoms with Crippen molar-refractivity contribution < 1.29 is 33.9 Å². The maximum Gasteiger partial charge on any atom is 0.305 e. The van der Waals surface area contributed by atoms with Crippen LogP contribution < -0.4 is 38.1 Å². The summed E-state index contributed by atoms with van der Waals surface area (Å²) in [7, 11) is 0. The molecule has 2 rings (SSSR count). The summed E-state index contributed by atoms with van der Waals surface area (Å²) in [6, 6.07) is 5.10. The molecule has 1 aromatic carbocycles. The van der Waals surface area contributed by atoms with Crippen LogP contribution in [-0.2, 0) is 35.2 Å². The fraction of sp³-hybridized carbons (Fsp3) is 0.536. The topological polar surface area (TPSA) is 259 Å². The lowest BCUT2D eigenvalue weighted by atomic mass is 9.81. The van der Waals surface area contributed by atoms with Gasteiger partial charge in [-0.15, -0.1) is 0 Å². The van der Waals surface area contributed by atoms with E-state index in [0.29, 0.717) is 19.3 Å². The molecule has 15 heteroatoms. The Hall–Kier alpha value is -4.53. The minimum absolute atomic E-state index is 0.110. The van der Waals surface area contributed by atoms with Crippen molar-refractivity contribution in [1.29, 1.82) is 5.41 Å². The molecule has 0 bridgehead atoms. The van der Waals surface area contributed by atoms with Crippen LogP contribution >= 0.6 is 0 Å². The first kappa shape index (κ1) is 34.7. The second-order valence-corrected chi connectivity index (χ2v) is 10.5. The number of rotatable bonds is 17. The van der Waals surface area contributed by atoms with Gasteiger partial charge in [0.1, 0.15) is 12.1 Å². The number of hydrogen-bond donors (Lipinski definition) is 9. The highest BCUT2D eigenvalue weighted by Crippen LogP contribution is 2.26. The van der Waals surface area contributed by atoms with Gasteiger partial charge in [0, 0.05) is 13.0 Å². The highest BCUT2D eigenvalue weighted by Gasteiger charge is 2.37. The largest absolute Gasteiger partial charge is 0.481 e. The van der Waals surface area contributed by atoms with E-state index in [4.69, 9.17) is 16.9 Å². The average Bonchev–Trinajstić information content (AvgIpc) is 2.97. The summed E-state index contributed by atoms with van der Waals surface area (Å²) in [6.07, 6.45) is 5.01. The number of nitrogens with two attached hydrogens (primary N) is 2. The Morgan fingerprint density at radius 1 is 0.953 bits per heavy atom. The second kappa shape index (κ2) is 17.4. The molecular weight excluding hydrogens is 560 g/mol. The number of amides is 4. The summed E-state index contributed by atoms with van der Waals surface area (Å²) in [5.41, 5.74) is 11.2. The van der Waals surface area contributed by atoms with Crippen molar-refractivity contribution in [2.75, 3.05) is 13.1 Å². The van der Waals surface area contributed by atoms with Gasteiger partial charge < -0.3 is 43.2 Å². The van der Waals surface area contributed by atoms with Crippen molar-refractivity contribution in [3.8, 4) is 0 Å². The predicted molar refractivity (Wildman–Crippen MR) is 156 cm³/mol. The number of aliphatic carboxylic acids is 1. The van der Waals surface area contributed by atoms with Gasteiger partial charge in [-0.3, -0.25) is 34.2 Å². The highest BCUT2D eigenvalue weighted by atomic mass is 16.4. The van der Waals surface area contributed by atoms with E-state index >= 15 is 0 Å².